The van der Waals surface area contributed by atoms with E-state index in [2.05, 4.69) is 90.0 Å². The second-order valence-electron chi connectivity index (χ2n) is 8.19. The van der Waals surface area contributed by atoms with Gasteiger partial charge in [-0.25, -0.2) is 0 Å². The van der Waals surface area contributed by atoms with Crippen LogP contribution in [0, 0.1) is 6.92 Å². The molecular formula is C26H32N2. The summed E-state index contributed by atoms with van der Waals surface area (Å²) in [5.41, 5.74) is 5.75. The maximum Gasteiger partial charge on any atom is 0.0684 e. The van der Waals surface area contributed by atoms with Crippen molar-refractivity contribution in [1.29, 1.82) is 0 Å². The lowest BCUT2D eigenvalue weighted by Gasteiger charge is -2.45. The third kappa shape index (κ3) is 4.29. The maximum absolute atomic E-state index is 3.50. The van der Waals surface area contributed by atoms with Gasteiger partial charge >= 0.3 is 0 Å². The second-order valence-corrected chi connectivity index (χ2v) is 8.19. The van der Waals surface area contributed by atoms with E-state index in [-0.39, 0.29) is 5.54 Å². The summed E-state index contributed by atoms with van der Waals surface area (Å²) >= 11 is 0. The largest absolute Gasteiger partial charge is 0.314 e. The predicted molar refractivity (Wildman–Crippen MR) is 119 cm³/mol. The highest BCUT2D eigenvalue weighted by molar-refractivity contribution is 5.38. The first-order valence-corrected chi connectivity index (χ1v) is 10.7. The van der Waals surface area contributed by atoms with Crippen LogP contribution in [0.15, 0.2) is 78.4 Å². The molecule has 28 heavy (non-hydrogen) atoms. The standard InChI is InChI=1S/C26H32N2/c1-22-7-5-9-24(21-22)10-6-8-23-13-15-26(16-14-23,25-11-3-2-4-12-25)28-19-17-27-18-20-28/h2-5,7,9,11-15,21,27H,6,8,10,16-20H2,1H3. The Hall–Kier alpha value is -2.16. The van der Waals surface area contributed by atoms with Gasteiger partial charge in [-0.3, -0.25) is 4.90 Å². The van der Waals surface area contributed by atoms with Crippen molar-refractivity contribution >= 4 is 0 Å². The zero-order chi connectivity index (χ0) is 19.2. The van der Waals surface area contributed by atoms with Gasteiger partial charge in [0.25, 0.3) is 0 Å². The number of rotatable bonds is 6. The van der Waals surface area contributed by atoms with Gasteiger partial charge in [0.2, 0.25) is 0 Å². The Kier molecular flexibility index (Phi) is 6.09. The molecule has 2 aliphatic rings. The van der Waals surface area contributed by atoms with Crippen molar-refractivity contribution in [3.63, 3.8) is 0 Å². The average Bonchev–Trinajstić information content (AvgIpc) is 2.76. The molecule has 146 valence electrons. The minimum Gasteiger partial charge on any atom is -0.314 e. The number of nitrogens with zero attached hydrogens (tertiary/aromatic N) is 1. The molecule has 1 N–H and O–H groups in total. The van der Waals surface area contributed by atoms with Gasteiger partial charge in [-0.15, -0.1) is 0 Å². The van der Waals surface area contributed by atoms with Gasteiger partial charge in [-0.1, -0.05) is 84.0 Å². The molecule has 1 fully saturated rings. The summed E-state index contributed by atoms with van der Waals surface area (Å²) in [5, 5.41) is 3.50. The molecule has 0 spiro atoms. The summed E-state index contributed by atoms with van der Waals surface area (Å²) in [7, 11) is 0. The van der Waals surface area contributed by atoms with E-state index in [9.17, 15) is 0 Å². The van der Waals surface area contributed by atoms with Crippen LogP contribution < -0.4 is 5.32 Å². The minimum absolute atomic E-state index is 0.0173. The van der Waals surface area contributed by atoms with Gasteiger partial charge in [0, 0.05) is 26.2 Å². The molecule has 2 aromatic rings. The summed E-state index contributed by atoms with van der Waals surface area (Å²) in [5.74, 6) is 0. The summed E-state index contributed by atoms with van der Waals surface area (Å²) in [6.45, 7) is 6.55. The zero-order valence-corrected chi connectivity index (χ0v) is 17.0. The van der Waals surface area contributed by atoms with Crippen molar-refractivity contribution in [2.45, 2.75) is 38.1 Å². The van der Waals surface area contributed by atoms with E-state index in [0.717, 1.165) is 45.4 Å². The molecule has 1 atom stereocenters. The highest BCUT2D eigenvalue weighted by atomic mass is 15.2. The molecule has 4 rings (SSSR count). The Bertz CT molecular complexity index is 831. The van der Waals surface area contributed by atoms with Crippen LogP contribution in [0.3, 0.4) is 0 Å². The second kappa shape index (κ2) is 8.89. The Morgan fingerprint density at radius 3 is 2.50 bits per heavy atom. The number of hydrogen-bond donors (Lipinski definition) is 1. The molecule has 0 radical (unpaired) electrons. The molecule has 1 unspecified atom stereocenters. The van der Waals surface area contributed by atoms with Crippen LogP contribution in [-0.2, 0) is 12.0 Å². The van der Waals surface area contributed by atoms with E-state index in [1.54, 1.807) is 0 Å². The lowest BCUT2D eigenvalue weighted by molar-refractivity contribution is 0.112. The van der Waals surface area contributed by atoms with Crippen molar-refractivity contribution in [2.75, 3.05) is 26.2 Å². The molecule has 2 nitrogen and oxygen atoms in total. The van der Waals surface area contributed by atoms with E-state index in [1.807, 2.05) is 0 Å². The molecule has 1 heterocycles. The highest BCUT2D eigenvalue weighted by Gasteiger charge is 2.37. The number of nitrogens with one attached hydrogen (secondary N) is 1. The molecular weight excluding hydrogens is 340 g/mol. The van der Waals surface area contributed by atoms with Crippen molar-refractivity contribution < 1.29 is 0 Å². The van der Waals surface area contributed by atoms with Gasteiger partial charge in [0.1, 0.15) is 0 Å². The third-order valence-electron chi connectivity index (χ3n) is 6.22. The average molecular weight is 373 g/mol. The molecule has 2 heteroatoms. The first-order valence-electron chi connectivity index (χ1n) is 10.7. The van der Waals surface area contributed by atoms with Crippen molar-refractivity contribution in [3.8, 4) is 0 Å². The van der Waals surface area contributed by atoms with E-state index in [4.69, 9.17) is 0 Å². The van der Waals surface area contributed by atoms with E-state index in [0.29, 0.717) is 0 Å². The molecule has 0 saturated carbocycles. The monoisotopic (exact) mass is 372 g/mol. The summed E-state index contributed by atoms with van der Waals surface area (Å²) in [6, 6.07) is 20.0. The summed E-state index contributed by atoms with van der Waals surface area (Å²) < 4.78 is 0. The summed E-state index contributed by atoms with van der Waals surface area (Å²) in [6.07, 6.45) is 12.0. The van der Waals surface area contributed by atoms with E-state index < -0.39 is 0 Å². The van der Waals surface area contributed by atoms with Crippen molar-refractivity contribution in [1.82, 2.24) is 10.2 Å². The van der Waals surface area contributed by atoms with Crippen LogP contribution in [0.1, 0.15) is 36.0 Å². The fourth-order valence-corrected chi connectivity index (χ4v) is 4.64. The molecule has 0 amide bonds. The van der Waals surface area contributed by atoms with Crippen molar-refractivity contribution in [3.05, 3.63) is 95.1 Å². The van der Waals surface area contributed by atoms with Gasteiger partial charge in [0.15, 0.2) is 0 Å². The Balaban J connectivity index is 1.44. The van der Waals surface area contributed by atoms with E-state index >= 15 is 0 Å². The van der Waals surface area contributed by atoms with Crippen molar-refractivity contribution in [2.24, 2.45) is 0 Å². The normalized spacial score (nSPS) is 22.8. The smallest absolute Gasteiger partial charge is 0.0684 e. The quantitative estimate of drug-likeness (QED) is 0.767. The van der Waals surface area contributed by atoms with Gasteiger partial charge in [0.05, 0.1) is 5.54 Å². The molecule has 1 aliphatic carbocycles. The number of hydrogen-bond acceptors (Lipinski definition) is 2. The fourth-order valence-electron chi connectivity index (χ4n) is 4.64. The van der Waals surface area contributed by atoms with Gasteiger partial charge < -0.3 is 5.32 Å². The highest BCUT2D eigenvalue weighted by Crippen LogP contribution is 2.38. The Labute approximate surface area is 170 Å². The minimum atomic E-state index is 0.0173. The first-order chi connectivity index (χ1) is 13.8. The molecule has 2 aromatic carbocycles. The third-order valence-corrected chi connectivity index (χ3v) is 6.22. The first kappa shape index (κ1) is 19.2. The molecule has 0 bridgehead atoms. The van der Waals surface area contributed by atoms with Crippen LogP contribution in [-0.4, -0.2) is 31.1 Å². The lowest BCUT2D eigenvalue weighted by Crippen LogP contribution is -2.53. The van der Waals surface area contributed by atoms with Crippen LogP contribution in [0.5, 0.6) is 0 Å². The van der Waals surface area contributed by atoms with E-state index in [1.165, 1.54) is 28.7 Å². The number of aryl methyl sites for hydroxylation is 2. The number of benzene rings is 2. The maximum atomic E-state index is 3.50. The fraction of sp³-hybridized carbons (Fsp3) is 0.385. The predicted octanol–water partition coefficient (Wildman–Crippen LogP) is 5.00. The van der Waals surface area contributed by atoms with Gasteiger partial charge in [-0.05, 0) is 43.7 Å². The Morgan fingerprint density at radius 1 is 0.964 bits per heavy atom. The number of piperazine rings is 1. The van der Waals surface area contributed by atoms with Crippen LogP contribution in [0.4, 0.5) is 0 Å². The van der Waals surface area contributed by atoms with Crippen LogP contribution in [0.2, 0.25) is 0 Å². The zero-order valence-electron chi connectivity index (χ0n) is 17.0. The van der Waals surface area contributed by atoms with Gasteiger partial charge in [-0.2, -0.15) is 0 Å². The SMILES string of the molecule is Cc1cccc(CCCC2=CCC(c3ccccc3)(N3CCNCC3)C=C2)c1. The topological polar surface area (TPSA) is 15.3 Å². The number of allylic oxidation sites excluding steroid dienone is 2. The molecule has 1 aliphatic heterocycles. The summed E-state index contributed by atoms with van der Waals surface area (Å²) in [4.78, 5) is 2.66. The molecule has 1 saturated heterocycles. The lowest BCUT2D eigenvalue weighted by atomic mass is 9.79. The molecule has 0 aromatic heterocycles. The van der Waals surface area contributed by atoms with Crippen LogP contribution >= 0.6 is 0 Å². The van der Waals surface area contributed by atoms with Crippen LogP contribution in [0.25, 0.3) is 0 Å². The Morgan fingerprint density at radius 2 is 1.79 bits per heavy atom.